The van der Waals surface area contributed by atoms with Gasteiger partial charge in [0.25, 0.3) is 11.1 Å². The van der Waals surface area contributed by atoms with Crippen LogP contribution in [0.3, 0.4) is 0 Å². The van der Waals surface area contributed by atoms with Crippen molar-refractivity contribution < 1.29 is 14.3 Å². The minimum Gasteiger partial charge on any atom is -0.488 e. The molecule has 1 fully saturated rings. The maximum Gasteiger partial charge on any atom is 0.290 e. The van der Waals surface area contributed by atoms with Gasteiger partial charge in [0.2, 0.25) is 0 Å². The lowest BCUT2D eigenvalue weighted by atomic mass is 10.2. The molecule has 0 atom stereocenters. The Labute approximate surface area is 146 Å². The average Bonchev–Trinajstić information content (AvgIpc) is 2.85. The van der Waals surface area contributed by atoms with Gasteiger partial charge < -0.3 is 4.74 Å². The van der Waals surface area contributed by atoms with Gasteiger partial charge in [0.15, 0.2) is 0 Å². The van der Waals surface area contributed by atoms with E-state index in [-0.39, 0.29) is 11.1 Å². The Morgan fingerprint density at radius 3 is 2.57 bits per heavy atom. The number of halogens is 1. The predicted molar refractivity (Wildman–Crippen MR) is 94.0 cm³/mol. The largest absolute Gasteiger partial charge is 0.488 e. The van der Waals surface area contributed by atoms with Gasteiger partial charge >= 0.3 is 0 Å². The molecule has 0 aliphatic carbocycles. The summed E-state index contributed by atoms with van der Waals surface area (Å²) in [6.45, 7) is 0.479. The predicted octanol–water partition coefficient (Wildman–Crippen LogP) is 4.35. The lowest BCUT2D eigenvalue weighted by Crippen LogP contribution is -2.17. The molecule has 23 heavy (non-hydrogen) atoms. The molecule has 3 rings (SSSR count). The second kappa shape index (κ2) is 7.02. The summed E-state index contributed by atoms with van der Waals surface area (Å²) in [6.07, 6.45) is 1.68. The van der Waals surface area contributed by atoms with Crippen LogP contribution >= 0.6 is 27.7 Å². The molecule has 2 amide bonds. The molecule has 0 aromatic heterocycles. The fourth-order valence-electron chi connectivity index (χ4n) is 2.03. The van der Waals surface area contributed by atoms with E-state index in [1.165, 1.54) is 0 Å². The van der Waals surface area contributed by atoms with E-state index in [0.717, 1.165) is 33.1 Å². The second-order valence-corrected chi connectivity index (χ2v) is 6.69. The summed E-state index contributed by atoms with van der Waals surface area (Å²) in [5.74, 6) is 0.358. The smallest absolute Gasteiger partial charge is 0.290 e. The average molecular weight is 390 g/mol. The highest BCUT2D eigenvalue weighted by Gasteiger charge is 2.24. The summed E-state index contributed by atoms with van der Waals surface area (Å²) in [6, 6.07) is 15.4. The number of rotatable bonds is 4. The zero-order chi connectivity index (χ0) is 16.2. The number of carbonyl (C=O) groups excluding carboxylic acids is 2. The summed E-state index contributed by atoms with van der Waals surface area (Å²) in [5.41, 5.74) is 1.90. The van der Waals surface area contributed by atoms with Crippen molar-refractivity contribution in [2.75, 3.05) is 0 Å². The van der Waals surface area contributed by atoms with Crippen LogP contribution in [-0.4, -0.2) is 11.1 Å². The fraction of sp³-hybridized carbons (Fsp3) is 0.0588. The summed E-state index contributed by atoms with van der Waals surface area (Å²) < 4.78 is 6.57. The molecule has 116 valence electrons. The molecule has 0 radical (unpaired) electrons. The highest BCUT2D eigenvalue weighted by Crippen LogP contribution is 2.30. The van der Waals surface area contributed by atoms with Crippen LogP contribution in [0.25, 0.3) is 6.08 Å². The van der Waals surface area contributed by atoms with Crippen molar-refractivity contribution >= 4 is 44.9 Å². The van der Waals surface area contributed by atoms with Gasteiger partial charge in [-0.1, -0.05) is 36.4 Å². The first kappa shape index (κ1) is 15.8. The zero-order valence-electron chi connectivity index (χ0n) is 11.9. The van der Waals surface area contributed by atoms with Crippen LogP contribution in [0.1, 0.15) is 11.1 Å². The number of nitrogens with one attached hydrogen (secondary N) is 1. The normalized spacial score (nSPS) is 15.8. The number of ether oxygens (including phenoxy) is 1. The number of amides is 2. The Balaban J connectivity index is 1.72. The zero-order valence-corrected chi connectivity index (χ0v) is 14.3. The molecule has 4 nitrogen and oxygen atoms in total. The third-order valence-corrected chi connectivity index (χ3v) is 4.56. The van der Waals surface area contributed by atoms with Crippen LogP contribution in [0, 0.1) is 0 Å². The lowest BCUT2D eigenvalue weighted by Gasteiger charge is -2.09. The second-order valence-electron chi connectivity index (χ2n) is 4.82. The third kappa shape index (κ3) is 4.03. The van der Waals surface area contributed by atoms with Crippen molar-refractivity contribution in [2.24, 2.45) is 0 Å². The maximum absolute atomic E-state index is 11.5. The molecule has 1 N–H and O–H groups in total. The van der Waals surface area contributed by atoms with E-state index < -0.39 is 0 Å². The molecule has 6 heteroatoms. The molecule has 1 saturated heterocycles. The lowest BCUT2D eigenvalue weighted by molar-refractivity contribution is -0.115. The van der Waals surface area contributed by atoms with E-state index >= 15 is 0 Å². The summed E-state index contributed by atoms with van der Waals surface area (Å²) in [7, 11) is 0. The highest BCUT2D eigenvalue weighted by molar-refractivity contribution is 9.10. The molecular weight excluding hydrogens is 378 g/mol. The first-order valence-electron chi connectivity index (χ1n) is 6.83. The highest BCUT2D eigenvalue weighted by atomic mass is 79.9. The van der Waals surface area contributed by atoms with Gasteiger partial charge in [-0.05, 0) is 57.0 Å². The van der Waals surface area contributed by atoms with E-state index in [2.05, 4.69) is 21.2 Å². The van der Waals surface area contributed by atoms with Gasteiger partial charge in [0, 0.05) is 0 Å². The van der Waals surface area contributed by atoms with Crippen LogP contribution in [-0.2, 0) is 11.4 Å². The SMILES string of the molecule is O=C1NC(=O)/C(=C/c2ccc(OCc3ccccc3)c(Br)c2)S1. The van der Waals surface area contributed by atoms with Crippen LogP contribution in [0.2, 0.25) is 0 Å². The Morgan fingerprint density at radius 2 is 1.91 bits per heavy atom. The molecule has 0 unspecified atom stereocenters. The first-order valence-corrected chi connectivity index (χ1v) is 8.44. The van der Waals surface area contributed by atoms with Crippen molar-refractivity contribution in [3.63, 3.8) is 0 Å². The summed E-state index contributed by atoms with van der Waals surface area (Å²) in [4.78, 5) is 23.1. The number of hydrogen-bond donors (Lipinski definition) is 1. The Bertz CT molecular complexity index is 790. The maximum atomic E-state index is 11.5. The van der Waals surface area contributed by atoms with Gasteiger partial charge in [-0.2, -0.15) is 0 Å². The van der Waals surface area contributed by atoms with E-state index in [9.17, 15) is 9.59 Å². The third-order valence-electron chi connectivity index (χ3n) is 3.13. The van der Waals surface area contributed by atoms with Gasteiger partial charge in [-0.15, -0.1) is 0 Å². The van der Waals surface area contributed by atoms with Gasteiger partial charge in [-0.25, -0.2) is 0 Å². The van der Waals surface area contributed by atoms with Crippen molar-refractivity contribution in [3.8, 4) is 5.75 Å². The van der Waals surface area contributed by atoms with E-state index in [4.69, 9.17) is 4.74 Å². The van der Waals surface area contributed by atoms with Crippen molar-refractivity contribution in [1.29, 1.82) is 0 Å². The standard InChI is InChI=1S/C17H12BrNO3S/c18-13-8-12(9-15-16(20)19-17(21)23-15)6-7-14(13)22-10-11-4-2-1-3-5-11/h1-9H,10H2,(H,19,20,21)/b15-9-. The number of hydrogen-bond acceptors (Lipinski definition) is 4. The molecule has 1 aliphatic rings. The van der Waals surface area contributed by atoms with E-state index in [1.807, 2.05) is 48.5 Å². The molecule has 1 aliphatic heterocycles. The van der Waals surface area contributed by atoms with Crippen molar-refractivity contribution in [2.45, 2.75) is 6.61 Å². The fourth-order valence-corrected chi connectivity index (χ4v) is 3.22. The monoisotopic (exact) mass is 389 g/mol. The van der Waals surface area contributed by atoms with E-state index in [0.29, 0.717) is 11.5 Å². The van der Waals surface area contributed by atoms with Crippen molar-refractivity contribution in [3.05, 3.63) is 69.0 Å². The first-order chi connectivity index (χ1) is 11.1. The van der Waals surface area contributed by atoms with Gasteiger partial charge in [0.05, 0.1) is 9.38 Å². The molecule has 0 spiro atoms. The molecule has 0 bridgehead atoms. The van der Waals surface area contributed by atoms with Gasteiger partial charge in [-0.3, -0.25) is 14.9 Å². The summed E-state index contributed by atoms with van der Waals surface area (Å²) >= 11 is 4.37. The van der Waals surface area contributed by atoms with Crippen LogP contribution in [0.5, 0.6) is 5.75 Å². The van der Waals surface area contributed by atoms with E-state index in [1.54, 1.807) is 6.08 Å². The quantitative estimate of drug-likeness (QED) is 0.789. The van der Waals surface area contributed by atoms with Crippen molar-refractivity contribution in [1.82, 2.24) is 5.32 Å². The Hall–Kier alpha value is -2.05. The van der Waals surface area contributed by atoms with Gasteiger partial charge in [0.1, 0.15) is 12.4 Å². The Morgan fingerprint density at radius 1 is 1.13 bits per heavy atom. The molecule has 1 heterocycles. The minimum absolute atomic E-state index is 0.344. The number of carbonyl (C=O) groups is 2. The summed E-state index contributed by atoms with van der Waals surface area (Å²) in [5, 5.41) is 1.89. The number of thioether (sulfide) groups is 1. The van der Waals surface area contributed by atoms with Crippen LogP contribution in [0.4, 0.5) is 4.79 Å². The van der Waals surface area contributed by atoms with Crippen LogP contribution in [0.15, 0.2) is 57.9 Å². The molecule has 0 saturated carbocycles. The molecule has 2 aromatic carbocycles. The minimum atomic E-state index is -0.361. The Kier molecular flexibility index (Phi) is 4.83. The molecule has 2 aromatic rings. The topological polar surface area (TPSA) is 55.4 Å². The van der Waals surface area contributed by atoms with Crippen LogP contribution < -0.4 is 10.1 Å². The number of imide groups is 1. The number of benzene rings is 2. The molecular formula is C17H12BrNO3S.